The van der Waals surface area contributed by atoms with Crippen LogP contribution in [0.5, 0.6) is 0 Å². The SMILES string of the molecule is Cc1cc(C)c(C#N)c(SC(C)C(=O)OCc2ccccc2)n1. The Morgan fingerprint density at radius 3 is 2.70 bits per heavy atom. The normalized spacial score (nSPS) is 11.6. The number of thioether (sulfide) groups is 1. The van der Waals surface area contributed by atoms with E-state index in [9.17, 15) is 10.1 Å². The fourth-order valence-corrected chi connectivity index (χ4v) is 3.11. The number of carbonyl (C=O) groups is 1. The van der Waals surface area contributed by atoms with Gasteiger partial charge in [0.2, 0.25) is 0 Å². The Morgan fingerprint density at radius 2 is 2.04 bits per heavy atom. The predicted octanol–water partition coefficient (Wildman–Crippen LogP) is 3.79. The van der Waals surface area contributed by atoms with Crippen molar-refractivity contribution in [2.24, 2.45) is 0 Å². The molecule has 0 aliphatic rings. The summed E-state index contributed by atoms with van der Waals surface area (Å²) in [5, 5.41) is 9.42. The van der Waals surface area contributed by atoms with E-state index in [0.29, 0.717) is 10.6 Å². The van der Waals surface area contributed by atoms with Gasteiger partial charge in [-0.05, 0) is 38.0 Å². The molecule has 23 heavy (non-hydrogen) atoms. The highest BCUT2D eigenvalue weighted by Gasteiger charge is 2.20. The van der Waals surface area contributed by atoms with Crippen molar-refractivity contribution >= 4 is 17.7 Å². The van der Waals surface area contributed by atoms with Gasteiger partial charge in [-0.2, -0.15) is 5.26 Å². The molecule has 4 nitrogen and oxygen atoms in total. The molecule has 0 radical (unpaired) electrons. The van der Waals surface area contributed by atoms with Crippen LogP contribution in [0, 0.1) is 25.2 Å². The molecule has 0 spiro atoms. The molecule has 118 valence electrons. The van der Waals surface area contributed by atoms with Crippen LogP contribution in [-0.2, 0) is 16.1 Å². The number of benzene rings is 1. The second-order valence-corrected chi connectivity index (χ2v) is 6.56. The smallest absolute Gasteiger partial charge is 0.319 e. The number of ether oxygens (including phenoxy) is 1. The largest absolute Gasteiger partial charge is 0.460 e. The third-order valence-electron chi connectivity index (χ3n) is 3.27. The van der Waals surface area contributed by atoms with Crippen LogP contribution >= 0.6 is 11.8 Å². The molecule has 2 rings (SSSR count). The van der Waals surface area contributed by atoms with Gasteiger partial charge in [0.05, 0.1) is 5.56 Å². The molecule has 1 aromatic carbocycles. The molecule has 0 amide bonds. The minimum absolute atomic E-state index is 0.246. The number of carbonyl (C=O) groups excluding carboxylic acids is 1. The minimum atomic E-state index is -0.431. The zero-order valence-corrected chi connectivity index (χ0v) is 14.2. The molecule has 1 atom stereocenters. The number of aromatic nitrogens is 1. The van der Waals surface area contributed by atoms with Crippen molar-refractivity contribution in [3.8, 4) is 6.07 Å². The van der Waals surface area contributed by atoms with Crippen molar-refractivity contribution in [3.63, 3.8) is 0 Å². The Morgan fingerprint density at radius 1 is 1.35 bits per heavy atom. The van der Waals surface area contributed by atoms with Crippen molar-refractivity contribution in [1.29, 1.82) is 5.26 Å². The molecule has 0 fully saturated rings. The molecule has 0 bridgehead atoms. The Bertz CT molecular complexity index is 739. The van der Waals surface area contributed by atoms with Crippen LogP contribution in [-0.4, -0.2) is 16.2 Å². The first-order valence-corrected chi connectivity index (χ1v) is 8.14. The van der Waals surface area contributed by atoms with Gasteiger partial charge in [0.1, 0.15) is 23.0 Å². The first-order valence-electron chi connectivity index (χ1n) is 7.27. The van der Waals surface area contributed by atoms with Crippen molar-refractivity contribution in [2.75, 3.05) is 0 Å². The molecule has 0 aliphatic carbocycles. The molecule has 0 aliphatic heterocycles. The minimum Gasteiger partial charge on any atom is -0.460 e. The summed E-state index contributed by atoms with van der Waals surface area (Å²) in [5.41, 5.74) is 3.16. The van der Waals surface area contributed by atoms with Gasteiger partial charge in [-0.3, -0.25) is 4.79 Å². The first-order chi connectivity index (χ1) is 11.0. The van der Waals surface area contributed by atoms with Gasteiger partial charge in [0.15, 0.2) is 0 Å². The monoisotopic (exact) mass is 326 g/mol. The summed E-state index contributed by atoms with van der Waals surface area (Å²) < 4.78 is 5.33. The predicted molar refractivity (Wildman–Crippen MR) is 90.0 cm³/mol. The maximum absolute atomic E-state index is 12.1. The van der Waals surface area contributed by atoms with Gasteiger partial charge in [-0.25, -0.2) is 4.98 Å². The van der Waals surface area contributed by atoms with Crippen molar-refractivity contribution in [1.82, 2.24) is 4.98 Å². The number of pyridine rings is 1. The molecule has 1 heterocycles. The number of nitrogens with zero attached hydrogens (tertiary/aromatic N) is 2. The number of aryl methyl sites for hydroxylation is 2. The van der Waals surface area contributed by atoms with Gasteiger partial charge in [-0.1, -0.05) is 42.1 Å². The standard InChI is InChI=1S/C18H18N2O2S/c1-12-9-13(2)20-17(16(12)10-19)23-14(3)18(21)22-11-15-7-5-4-6-8-15/h4-9,14H,11H2,1-3H3. The van der Waals surface area contributed by atoms with Crippen molar-refractivity contribution < 1.29 is 9.53 Å². The summed E-state index contributed by atoms with van der Waals surface area (Å²) in [5.74, 6) is -0.316. The van der Waals surface area contributed by atoms with E-state index < -0.39 is 5.25 Å². The van der Waals surface area contributed by atoms with Crippen LogP contribution in [0.3, 0.4) is 0 Å². The average Bonchev–Trinajstić information content (AvgIpc) is 2.53. The van der Waals surface area contributed by atoms with E-state index in [2.05, 4.69) is 11.1 Å². The second-order valence-electron chi connectivity index (χ2n) is 5.23. The zero-order valence-electron chi connectivity index (χ0n) is 13.4. The Balaban J connectivity index is 2.03. The molecular weight excluding hydrogens is 308 g/mol. The highest BCUT2D eigenvalue weighted by Crippen LogP contribution is 2.28. The summed E-state index contributed by atoms with van der Waals surface area (Å²) >= 11 is 1.26. The van der Waals surface area contributed by atoms with Crippen LogP contribution in [0.2, 0.25) is 0 Å². The van der Waals surface area contributed by atoms with Crippen LogP contribution in [0.25, 0.3) is 0 Å². The summed E-state index contributed by atoms with van der Waals surface area (Å²) in [6.45, 7) is 5.75. The lowest BCUT2D eigenvalue weighted by Crippen LogP contribution is -2.17. The lowest BCUT2D eigenvalue weighted by Gasteiger charge is -2.13. The van der Waals surface area contributed by atoms with Gasteiger partial charge >= 0.3 is 5.97 Å². The zero-order chi connectivity index (χ0) is 16.8. The summed E-state index contributed by atoms with van der Waals surface area (Å²) in [6.07, 6.45) is 0. The van der Waals surface area contributed by atoms with Crippen LogP contribution in [0.4, 0.5) is 0 Å². The quantitative estimate of drug-likeness (QED) is 0.618. The second kappa shape index (κ2) is 7.80. The van der Waals surface area contributed by atoms with Crippen LogP contribution in [0.1, 0.15) is 29.3 Å². The summed E-state index contributed by atoms with van der Waals surface area (Å²) in [6, 6.07) is 13.6. The fourth-order valence-electron chi connectivity index (χ4n) is 2.09. The molecule has 5 heteroatoms. The molecule has 2 aromatic rings. The molecule has 1 unspecified atom stereocenters. The van der Waals surface area contributed by atoms with E-state index in [0.717, 1.165) is 16.8 Å². The highest BCUT2D eigenvalue weighted by atomic mass is 32.2. The maximum Gasteiger partial charge on any atom is 0.319 e. The Hall–Kier alpha value is -2.32. The third-order valence-corrected chi connectivity index (χ3v) is 4.33. The number of hydrogen-bond donors (Lipinski definition) is 0. The average molecular weight is 326 g/mol. The number of hydrogen-bond acceptors (Lipinski definition) is 5. The van der Waals surface area contributed by atoms with Crippen molar-refractivity contribution in [2.45, 2.75) is 37.7 Å². The summed E-state index contributed by atoms with van der Waals surface area (Å²) in [4.78, 5) is 16.5. The van der Waals surface area contributed by atoms with E-state index >= 15 is 0 Å². The van der Waals surface area contributed by atoms with E-state index in [1.165, 1.54) is 11.8 Å². The van der Waals surface area contributed by atoms with E-state index in [-0.39, 0.29) is 12.6 Å². The molecule has 0 N–H and O–H groups in total. The number of nitriles is 1. The van der Waals surface area contributed by atoms with Gasteiger partial charge in [0.25, 0.3) is 0 Å². The highest BCUT2D eigenvalue weighted by molar-refractivity contribution is 8.00. The molecule has 1 aromatic heterocycles. The van der Waals surface area contributed by atoms with Gasteiger partial charge < -0.3 is 4.74 Å². The Kier molecular flexibility index (Phi) is 5.78. The topological polar surface area (TPSA) is 63.0 Å². The van der Waals surface area contributed by atoms with Gasteiger partial charge in [0, 0.05) is 5.69 Å². The Labute approximate surface area is 140 Å². The third kappa shape index (κ3) is 4.57. The van der Waals surface area contributed by atoms with Gasteiger partial charge in [-0.15, -0.1) is 0 Å². The van der Waals surface area contributed by atoms with E-state index in [1.807, 2.05) is 50.2 Å². The molecule has 0 saturated carbocycles. The lowest BCUT2D eigenvalue weighted by atomic mass is 10.1. The van der Waals surface area contributed by atoms with Crippen molar-refractivity contribution in [3.05, 3.63) is 58.8 Å². The van der Waals surface area contributed by atoms with Crippen LogP contribution < -0.4 is 0 Å². The van der Waals surface area contributed by atoms with Crippen LogP contribution in [0.15, 0.2) is 41.4 Å². The summed E-state index contributed by atoms with van der Waals surface area (Å²) in [7, 11) is 0. The first kappa shape index (κ1) is 17.0. The molecular formula is C18H18N2O2S. The molecule has 0 saturated heterocycles. The van der Waals surface area contributed by atoms with E-state index in [4.69, 9.17) is 4.74 Å². The lowest BCUT2D eigenvalue weighted by molar-refractivity contribution is -0.143. The fraction of sp³-hybridized carbons (Fsp3) is 0.278. The number of rotatable bonds is 5. The maximum atomic E-state index is 12.1. The van der Waals surface area contributed by atoms with E-state index in [1.54, 1.807) is 6.92 Å². The number of esters is 1.